The Morgan fingerprint density at radius 3 is 2.67 bits per heavy atom. The zero-order chi connectivity index (χ0) is 23.5. The number of amides is 1. The van der Waals surface area contributed by atoms with E-state index in [-0.39, 0.29) is 23.5 Å². The number of benzene rings is 2. The van der Waals surface area contributed by atoms with Crippen LogP contribution in [0.5, 0.6) is 17.2 Å². The highest BCUT2D eigenvalue weighted by Crippen LogP contribution is 2.45. The standard InChI is InChI=1S/C25H29N3O5/c1-4-32-20-14-16(10-11-19(20)30)24-21-22(17-8-5-6-9-18(17)29)26-27-23(21)25(31)28(24)12-7-13-33-15(2)3/h5-6,8-11,14-15,24,29-30H,4,7,12-13H2,1-3H3,(H,26,27)/t24-/m0/s1. The average molecular weight is 452 g/mol. The normalized spacial score (nSPS) is 15.3. The number of hydrogen-bond donors (Lipinski definition) is 3. The fourth-order valence-electron chi connectivity index (χ4n) is 4.18. The average Bonchev–Trinajstić information content (AvgIpc) is 3.32. The summed E-state index contributed by atoms with van der Waals surface area (Å²) in [6, 6.07) is 11.6. The molecule has 8 nitrogen and oxygen atoms in total. The van der Waals surface area contributed by atoms with Gasteiger partial charge in [-0.25, -0.2) is 0 Å². The Labute approximate surface area is 192 Å². The van der Waals surface area contributed by atoms with Crippen molar-refractivity contribution in [3.63, 3.8) is 0 Å². The molecule has 0 aliphatic carbocycles. The van der Waals surface area contributed by atoms with Crippen LogP contribution in [0.25, 0.3) is 11.3 Å². The van der Waals surface area contributed by atoms with Crippen LogP contribution in [-0.2, 0) is 4.74 Å². The van der Waals surface area contributed by atoms with E-state index in [1.165, 1.54) is 0 Å². The molecule has 0 saturated carbocycles. The van der Waals surface area contributed by atoms with Gasteiger partial charge in [0.25, 0.3) is 5.91 Å². The SMILES string of the molecule is CCOc1cc([C@H]2c3c(-c4ccccc4O)n[nH]c3C(=O)N2CCCOC(C)C)ccc1O. The number of H-pyrrole nitrogens is 1. The van der Waals surface area contributed by atoms with E-state index in [0.717, 1.165) is 5.56 Å². The van der Waals surface area contributed by atoms with E-state index in [0.29, 0.717) is 54.4 Å². The molecule has 0 spiro atoms. The summed E-state index contributed by atoms with van der Waals surface area (Å²) >= 11 is 0. The van der Waals surface area contributed by atoms with Gasteiger partial charge in [0.15, 0.2) is 11.5 Å². The van der Waals surface area contributed by atoms with Gasteiger partial charge in [-0.15, -0.1) is 0 Å². The van der Waals surface area contributed by atoms with Gasteiger partial charge in [-0.3, -0.25) is 9.89 Å². The summed E-state index contributed by atoms with van der Waals surface area (Å²) in [5, 5.41) is 27.9. The molecule has 3 aromatic rings. The van der Waals surface area contributed by atoms with Crippen molar-refractivity contribution in [2.75, 3.05) is 19.8 Å². The van der Waals surface area contributed by atoms with E-state index in [1.54, 1.807) is 41.3 Å². The molecule has 0 radical (unpaired) electrons. The Kier molecular flexibility index (Phi) is 6.55. The van der Waals surface area contributed by atoms with Gasteiger partial charge in [-0.1, -0.05) is 18.2 Å². The summed E-state index contributed by atoms with van der Waals surface area (Å²) in [5.74, 6) is 0.309. The van der Waals surface area contributed by atoms with Gasteiger partial charge >= 0.3 is 0 Å². The number of phenols is 2. The van der Waals surface area contributed by atoms with Crippen molar-refractivity contribution in [3.8, 4) is 28.5 Å². The Morgan fingerprint density at radius 1 is 1.15 bits per heavy atom. The highest BCUT2D eigenvalue weighted by Gasteiger charge is 2.42. The van der Waals surface area contributed by atoms with Crippen molar-refractivity contribution in [1.82, 2.24) is 15.1 Å². The molecule has 174 valence electrons. The van der Waals surface area contributed by atoms with Crippen molar-refractivity contribution in [3.05, 3.63) is 59.3 Å². The minimum Gasteiger partial charge on any atom is -0.507 e. The van der Waals surface area contributed by atoms with E-state index >= 15 is 0 Å². The third-order valence-corrected chi connectivity index (χ3v) is 5.62. The van der Waals surface area contributed by atoms with Crippen molar-refractivity contribution < 1.29 is 24.5 Å². The van der Waals surface area contributed by atoms with E-state index < -0.39 is 6.04 Å². The van der Waals surface area contributed by atoms with E-state index in [1.807, 2.05) is 26.8 Å². The van der Waals surface area contributed by atoms with E-state index in [4.69, 9.17) is 9.47 Å². The first-order chi connectivity index (χ1) is 15.9. The fraction of sp³-hybridized carbons (Fsp3) is 0.360. The monoisotopic (exact) mass is 451 g/mol. The highest BCUT2D eigenvalue weighted by atomic mass is 16.5. The molecule has 1 atom stereocenters. The van der Waals surface area contributed by atoms with Crippen LogP contribution < -0.4 is 4.74 Å². The van der Waals surface area contributed by atoms with Crippen LogP contribution in [0, 0.1) is 0 Å². The van der Waals surface area contributed by atoms with Crippen molar-refractivity contribution >= 4 is 5.91 Å². The molecule has 4 rings (SSSR count). The Morgan fingerprint density at radius 2 is 1.94 bits per heavy atom. The lowest BCUT2D eigenvalue weighted by atomic mass is 9.95. The summed E-state index contributed by atoms with van der Waals surface area (Å²) in [4.78, 5) is 15.2. The van der Waals surface area contributed by atoms with Gasteiger partial charge in [0.05, 0.1) is 18.8 Å². The maximum Gasteiger partial charge on any atom is 0.273 e. The molecule has 0 saturated heterocycles. The fourth-order valence-corrected chi connectivity index (χ4v) is 4.18. The molecule has 3 N–H and O–H groups in total. The number of nitrogens with zero attached hydrogens (tertiary/aromatic N) is 2. The van der Waals surface area contributed by atoms with Crippen LogP contribution >= 0.6 is 0 Å². The number of aromatic nitrogens is 2. The lowest BCUT2D eigenvalue weighted by Crippen LogP contribution is -2.31. The van der Waals surface area contributed by atoms with Crippen LogP contribution in [0.2, 0.25) is 0 Å². The van der Waals surface area contributed by atoms with Gasteiger partial charge in [0.1, 0.15) is 17.1 Å². The first-order valence-corrected chi connectivity index (χ1v) is 11.2. The predicted octanol–water partition coefficient (Wildman–Crippen LogP) is 4.25. The summed E-state index contributed by atoms with van der Waals surface area (Å²) in [6.07, 6.45) is 0.783. The summed E-state index contributed by atoms with van der Waals surface area (Å²) in [6.45, 7) is 7.21. The van der Waals surface area contributed by atoms with Gasteiger partial charge in [0, 0.05) is 24.3 Å². The molecular weight excluding hydrogens is 422 g/mol. The second kappa shape index (κ2) is 9.54. The molecule has 8 heteroatoms. The lowest BCUT2D eigenvalue weighted by molar-refractivity contribution is 0.0601. The van der Waals surface area contributed by atoms with Crippen molar-refractivity contribution in [1.29, 1.82) is 0 Å². The van der Waals surface area contributed by atoms with E-state index in [9.17, 15) is 15.0 Å². The van der Waals surface area contributed by atoms with Crippen LogP contribution in [0.1, 0.15) is 54.8 Å². The maximum atomic E-state index is 13.4. The number of aromatic hydroxyl groups is 2. The summed E-state index contributed by atoms with van der Waals surface area (Å²) in [7, 11) is 0. The number of hydrogen-bond acceptors (Lipinski definition) is 6. The zero-order valence-corrected chi connectivity index (χ0v) is 19.0. The first-order valence-electron chi connectivity index (χ1n) is 11.2. The molecule has 1 amide bonds. The Balaban J connectivity index is 1.78. The van der Waals surface area contributed by atoms with Gasteiger partial charge in [-0.2, -0.15) is 5.10 Å². The number of carbonyl (C=O) groups is 1. The maximum absolute atomic E-state index is 13.4. The Hall–Kier alpha value is -3.52. The molecule has 0 unspecified atom stereocenters. The number of rotatable bonds is 9. The second-order valence-corrected chi connectivity index (χ2v) is 8.21. The molecule has 1 aliphatic rings. The molecule has 0 bridgehead atoms. The molecule has 1 aromatic heterocycles. The number of nitrogens with one attached hydrogen (secondary N) is 1. The zero-order valence-electron chi connectivity index (χ0n) is 19.0. The molecule has 1 aliphatic heterocycles. The topological polar surface area (TPSA) is 108 Å². The number of fused-ring (bicyclic) bond motifs is 1. The van der Waals surface area contributed by atoms with Crippen LogP contribution in [0.15, 0.2) is 42.5 Å². The Bertz CT molecular complexity index is 1140. The third kappa shape index (κ3) is 4.39. The van der Waals surface area contributed by atoms with Gasteiger partial charge in [-0.05, 0) is 57.0 Å². The van der Waals surface area contributed by atoms with Gasteiger partial charge in [0.2, 0.25) is 0 Å². The smallest absolute Gasteiger partial charge is 0.273 e. The molecule has 2 aromatic carbocycles. The first kappa shape index (κ1) is 22.7. The molecular formula is C25H29N3O5. The van der Waals surface area contributed by atoms with E-state index in [2.05, 4.69) is 10.2 Å². The third-order valence-electron chi connectivity index (χ3n) is 5.62. The summed E-state index contributed by atoms with van der Waals surface area (Å²) < 4.78 is 11.3. The molecule has 33 heavy (non-hydrogen) atoms. The van der Waals surface area contributed by atoms with Crippen molar-refractivity contribution in [2.24, 2.45) is 0 Å². The lowest BCUT2D eigenvalue weighted by Gasteiger charge is -2.27. The second-order valence-electron chi connectivity index (χ2n) is 8.21. The minimum atomic E-state index is -0.459. The number of carbonyl (C=O) groups excluding carboxylic acids is 1. The largest absolute Gasteiger partial charge is 0.507 e. The summed E-state index contributed by atoms with van der Waals surface area (Å²) in [5.41, 5.74) is 2.94. The predicted molar refractivity (Wildman–Crippen MR) is 124 cm³/mol. The van der Waals surface area contributed by atoms with Crippen LogP contribution in [0.3, 0.4) is 0 Å². The number of aromatic amines is 1. The number of ether oxygens (including phenoxy) is 2. The van der Waals surface area contributed by atoms with Crippen LogP contribution in [0.4, 0.5) is 0 Å². The highest BCUT2D eigenvalue weighted by molar-refractivity contribution is 6.00. The number of para-hydroxylation sites is 1. The van der Waals surface area contributed by atoms with Crippen molar-refractivity contribution in [2.45, 2.75) is 39.3 Å². The van der Waals surface area contributed by atoms with Gasteiger partial charge < -0.3 is 24.6 Å². The van der Waals surface area contributed by atoms with Crippen LogP contribution in [-0.4, -0.2) is 57.1 Å². The number of phenolic OH excluding ortho intramolecular Hbond substituents is 2. The minimum absolute atomic E-state index is 0.0372. The quantitative estimate of drug-likeness (QED) is 0.420. The molecule has 2 heterocycles. The molecule has 0 fully saturated rings.